The van der Waals surface area contributed by atoms with Crippen LogP contribution < -0.4 is 5.32 Å². The molecule has 160 valence electrons. The van der Waals surface area contributed by atoms with Crippen molar-refractivity contribution in [2.24, 2.45) is 5.92 Å². The fourth-order valence-electron chi connectivity index (χ4n) is 6.32. The van der Waals surface area contributed by atoms with Gasteiger partial charge in [0.1, 0.15) is 6.54 Å². The Morgan fingerprint density at radius 1 is 1.13 bits per heavy atom. The maximum absolute atomic E-state index is 13.2. The van der Waals surface area contributed by atoms with Crippen LogP contribution in [0.4, 0.5) is 0 Å². The minimum Gasteiger partial charge on any atom is -0.350 e. The Bertz CT molecular complexity index is 921. The third-order valence-electron chi connectivity index (χ3n) is 7.64. The predicted octanol–water partition coefficient (Wildman–Crippen LogP) is 1.75. The van der Waals surface area contributed by atoms with Crippen molar-refractivity contribution in [2.45, 2.75) is 45.2 Å². The van der Waals surface area contributed by atoms with Gasteiger partial charge in [-0.2, -0.15) is 5.10 Å². The van der Waals surface area contributed by atoms with Gasteiger partial charge in [-0.1, -0.05) is 37.3 Å². The summed E-state index contributed by atoms with van der Waals surface area (Å²) in [6.45, 7) is 13.0. The van der Waals surface area contributed by atoms with Crippen molar-refractivity contribution in [3.05, 3.63) is 52.8 Å². The fourth-order valence-corrected chi connectivity index (χ4v) is 6.32. The topological polar surface area (TPSA) is 53.4 Å². The molecule has 1 N–H and O–H groups in total. The zero-order valence-corrected chi connectivity index (χ0v) is 18.4. The van der Waals surface area contributed by atoms with E-state index < -0.39 is 0 Å². The van der Waals surface area contributed by atoms with Gasteiger partial charge >= 0.3 is 0 Å². The molecule has 0 spiro atoms. The van der Waals surface area contributed by atoms with Crippen molar-refractivity contribution in [1.29, 1.82) is 0 Å². The van der Waals surface area contributed by atoms with Crippen molar-refractivity contribution in [2.75, 3.05) is 39.3 Å². The van der Waals surface area contributed by atoms with E-state index in [9.17, 15) is 4.79 Å². The first-order valence-corrected chi connectivity index (χ1v) is 11.3. The van der Waals surface area contributed by atoms with Gasteiger partial charge in [-0.05, 0) is 31.4 Å². The Morgan fingerprint density at radius 2 is 1.80 bits per heavy atom. The Hall–Kier alpha value is -2.18. The predicted molar refractivity (Wildman–Crippen MR) is 117 cm³/mol. The summed E-state index contributed by atoms with van der Waals surface area (Å²) in [4.78, 5) is 18.5. The first kappa shape index (κ1) is 19.8. The number of nitrogens with one attached hydrogen (secondary N) is 1. The first-order valence-electron chi connectivity index (χ1n) is 11.3. The van der Waals surface area contributed by atoms with Gasteiger partial charge in [0.25, 0.3) is 0 Å². The minimum absolute atomic E-state index is 0.0434. The molecule has 1 amide bonds. The summed E-state index contributed by atoms with van der Waals surface area (Å²) < 4.78 is 1.88. The van der Waals surface area contributed by atoms with Crippen molar-refractivity contribution in [3.8, 4) is 0 Å². The molecule has 30 heavy (non-hydrogen) atoms. The molecule has 0 aliphatic carbocycles. The van der Waals surface area contributed by atoms with Gasteiger partial charge < -0.3 is 15.1 Å². The molecule has 4 bridgehead atoms. The molecule has 0 saturated carbocycles. The zero-order chi connectivity index (χ0) is 20.9. The van der Waals surface area contributed by atoms with Crippen molar-refractivity contribution >= 4 is 5.91 Å². The molecule has 0 radical (unpaired) electrons. The third kappa shape index (κ3) is 3.17. The molecule has 1 aromatic carbocycles. The lowest BCUT2D eigenvalue weighted by molar-refractivity contribution is -0.125. The van der Waals surface area contributed by atoms with E-state index in [0.717, 1.165) is 57.1 Å². The summed E-state index contributed by atoms with van der Waals surface area (Å²) in [7, 11) is 0. The van der Waals surface area contributed by atoms with Gasteiger partial charge in [0.15, 0.2) is 0 Å². The van der Waals surface area contributed by atoms with Crippen LogP contribution in [0, 0.1) is 19.8 Å². The summed E-state index contributed by atoms with van der Waals surface area (Å²) in [6.07, 6.45) is 0.951. The number of carbonyl (C=O) groups excluding carboxylic acids is 1. The van der Waals surface area contributed by atoms with Crippen molar-refractivity contribution < 1.29 is 4.79 Å². The van der Waals surface area contributed by atoms with E-state index in [1.54, 1.807) is 0 Å². The molecule has 4 aliphatic heterocycles. The number of piperidine rings is 2. The highest BCUT2D eigenvalue weighted by Gasteiger charge is 2.55. The van der Waals surface area contributed by atoms with Gasteiger partial charge in [-0.25, -0.2) is 0 Å². The normalized spacial score (nSPS) is 32.2. The lowest BCUT2D eigenvalue weighted by Gasteiger charge is -2.55. The molecule has 6 rings (SSSR count). The summed E-state index contributed by atoms with van der Waals surface area (Å²) >= 11 is 0. The van der Waals surface area contributed by atoms with Crippen LogP contribution in [0.3, 0.4) is 0 Å². The second-order valence-corrected chi connectivity index (χ2v) is 9.46. The molecule has 1 aromatic heterocycles. The Kier molecular flexibility index (Phi) is 4.94. The lowest BCUT2D eigenvalue weighted by atomic mass is 9.64. The molecule has 5 heterocycles. The van der Waals surface area contributed by atoms with Gasteiger partial charge in [-0.15, -0.1) is 0 Å². The van der Waals surface area contributed by atoms with Gasteiger partial charge in [-0.3, -0.25) is 9.48 Å². The second kappa shape index (κ2) is 7.50. The average molecular weight is 408 g/mol. The molecule has 2 aromatic rings. The van der Waals surface area contributed by atoms with E-state index in [1.165, 1.54) is 11.1 Å². The van der Waals surface area contributed by atoms with Crippen LogP contribution in [-0.2, 0) is 23.2 Å². The number of amides is 1. The van der Waals surface area contributed by atoms with Crippen LogP contribution in [0.1, 0.15) is 29.4 Å². The highest BCUT2D eigenvalue weighted by molar-refractivity contribution is 5.76. The maximum atomic E-state index is 13.2. The molecular weight excluding hydrogens is 374 g/mol. The van der Waals surface area contributed by atoms with Gasteiger partial charge in [0, 0.05) is 62.3 Å². The number of aromatic nitrogens is 2. The summed E-state index contributed by atoms with van der Waals surface area (Å²) in [5.74, 6) is 0.547. The largest absolute Gasteiger partial charge is 0.350 e. The molecule has 6 heteroatoms. The number of rotatable bonds is 5. The average Bonchev–Trinajstić information content (AvgIpc) is 2.86. The van der Waals surface area contributed by atoms with Crippen LogP contribution >= 0.6 is 0 Å². The van der Waals surface area contributed by atoms with E-state index in [2.05, 4.69) is 64.4 Å². The van der Waals surface area contributed by atoms with Gasteiger partial charge in [0.2, 0.25) is 5.91 Å². The second-order valence-electron chi connectivity index (χ2n) is 9.46. The molecule has 4 aliphatic rings. The van der Waals surface area contributed by atoms with E-state index in [4.69, 9.17) is 0 Å². The quantitative estimate of drug-likeness (QED) is 0.821. The Labute approximate surface area is 179 Å². The first-order chi connectivity index (χ1) is 14.5. The molecule has 4 saturated heterocycles. The Morgan fingerprint density at radius 3 is 2.40 bits per heavy atom. The van der Waals surface area contributed by atoms with Crippen molar-refractivity contribution in [3.63, 3.8) is 0 Å². The van der Waals surface area contributed by atoms with Crippen LogP contribution in [0.5, 0.6) is 0 Å². The number of aryl methyl sites for hydroxylation is 1. The molecule has 2 unspecified atom stereocenters. The van der Waals surface area contributed by atoms with E-state index >= 15 is 0 Å². The smallest absolute Gasteiger partial charge is 0.242 e. The number of benzene rings is 1. The summed E-state index contributed by atoms with van der Waals surface area (Å²) in [5, 5.41) is 8.13. The maximum Gasteiger partial charge on any atom is 0.242 e. The number of hydrogen-bond donors (Lipinski definition) is 1. The standard InChI is InChI=1S/C24H33N5O/c1-4-21-17(2)26-29(18(21)3)14-22(30)25-23-19-12-27-10-11-28(13-19)16-24(23,15-27)20-8-6-5-7-9-20/h5-9,19,23H,4,10-16H2,1-3H3,(H,25,30)/t19?,23-,24?/m1/s1. The number of fused-ring (bicyclic) bond motifs is 1. The zero-order valence-electron chi connectivity index (χ0n) is 18.4. The highest BCUT2D eigenvalue weighted by atomic mass is 16.2. The molecular formula is C24H33N5O. The number of hydrogen-bond acceptors (Lipinski definition) is 4. The fraction of sp³-hybridized carbons (Fsp3) is 0.583. The van der Waals surface area contributed by atoms with Crippen LogP contribution in [0.15, 0.2) is 30.3 Å². The van der Waals surface area contributed by atoms with Crippen LogP contribution in [0.2, 0.25) is 0 Å². The SMILES string of the molecule is CCc1c(C)nn(CC(=O)N[C@@H]2C3CN4CCN(C3)CC2(c2ccccc2)C4)c1C. The third-order valence-corrected chi connectivity index (χ3v) is 7.64. The van der Waals surface area contributed by atoms with Crippen LogP contribution in [-0.4, -0.2) is 70.8 Å². The number of nitrogens with zero attached hydrogens (tertiary/aromatic N) is 4. The number of carbonyl (C=O) groups is 1. The van der Waals surface area contributed by atoms with Crippen molar-refractivity contribution in [1.82, 2.24) is 24.9 Å². The van der Waals surface area contributed by atoms with Crippen LogP contribution in [0.25, 0.3) is 0 Å². The Balaban J connectivity index is 1.43. The van der Waals surface area contributed by atoms with E-state index in [0.29, 0.717) is 12.5 Å². The van der Waals surface area contributed by atoms with E-state index in [1.807, 2.05) is 11.6 Å². The summed E-state index contributed by atoms with van der Waals surface area (Å²) in [6, 6.07) is 11.0. The monoisotopic (exact) mass is 407 g/mol. The van der Waals surface area contributed by atoms with E-state index in [-0.39, 0.29) is 17.4 Å². The molecule has 4 fully saturated rings. The summed E-state index contributed by atoms with van der Waals surface area (Å²) in [5.41, 5.74) is 4.72. The highest BCUT2D eigenvalue weighted by Crippen LogP contribution is 2.43. The molecule has 6 nitrogen and oxygen atoms in total. The lowest BCUT2D eigenvalue weighted by Crippen LogP contribution is -2.70. The van der Waals surface area contributed by atoms with Gasteiger partial charge in [0.05, 0.1) is 5.69 Å². The molecule has 3 atom stereocenters. The minimum atomic E-state index is -0.0434.